The first kappa shape index (κ1) is 20.4. The van der Waals surface area contributed by atoms with Gasteiger partial charge in [0.25, 0.3) is 0 Å². The number of nitrogens with one attached hydrogen (secondary N) is 2. The van der Waals surface area contributed by atoms with Crippen molar-refractivity contribution in [3.8, 4) is 0 Å². The van der Waals surface area contributed by atoms with E-state index in [9.17, 15) is 8.42 Å². The lowest BCUT2D eigenvalue weighted by molar-refractivity contribution is 0.122. The highest BCUT2D eigenvalue weighted by atomic mass is 35.5. The molecule has 1 unspecified atom stereocenters. The summed E-state index contributed by atoms with van der Waals surface area (Å²) in [6.45, 7) is 5.74. The van der Waals surface area contributed by atoms with Gasteiger partial charge >= 0.3 is 0 Å². The highest BCUT2D eigenvalue weighted by Gasteiger charge is 2.35. The predicted octanol–water partition coefficient (Wildman–Crippen LogP) is 2.28. The fraction of sp³-hybridized carbons (Fsp3) is 0.625. The normalized spacial score (nSPS) is 21.4. The summed E-state index contributed by atoms with van der Waals surface area (Å²) >= 11 is 0. The number of sulfonamides is 1. The number of hydrogen-bond acceptors (Lipinski definition) is 4. The van der Waals surface area contributed by atoms with Crippen molar-refractivity contribution in [1.82, 2.24) is 10.0 Å². The Kier molecular flexibility index (Phi) is 7.48. The van der Waals surface area contributed by atoms with Crippen LogP contribution in [0.15, 0.2) is 29.2 Å². The molecule has 0 aromatic heterocycles. The Hall–Kier alpha value is -0.660. The molecule has 132 valence electrons. The van der Waals surface area contributed by atoms with E-state index >= 15 is 0 Å². The molecule has 1 heterocycles. The van der Waals surface area contributed by atoms with Gasteiger partial charge in [0.05, 0.1) is 17.0 Å². The number of ether oxygens (including phenoxy) is 1. The van der Waals surface area contributed by atoms with Crippen LogP contribution in [0.25, 0.3) is 0 Å². The van der Waals surface area contributed by atoms with E-state index in [0.717, 1.165) is 24.9 Å². The van der Waals surface area contributed by atoms with E-state index in [4.69, 9.17) is 4.74 Å². The molecule has 1 aromatic rings. The molecule has 1 saturated heterocycles. The average Bonchev–Trinajstić information content (AvgIpc) is 2.95. The molecule has 2 rings (SSSR count). The van der Waals surface area contributed by atoms with Crippen molar-refractivity contribution in [3.63, 3.8) is 0 Å². The fourth-order valence-electron chi connectivity index (χ4n) is 2.98. The lowest BCUT2D eigenvalue weighted by Crippen LogP contribution is -2.52. The minimum absolute atomic E-state index is 0. The summed E-state index contributed by atoms with van der Waals surface area (Å²) in [4.78, 5) is 0.371. The summed E-state index contributed by atoms with van der Waals surface area (Å²) in [6.07, 6.45) is 1.95. The van der Waals surface area contributed by atoms with Crippen LogP contribution in [0.5, 0.6) is 0 Å². The van der Waals surface area contributed by atoms with Gasteiger partial charge in [-0.2, -0.15) is 0 Å². The molecule has 7 heteroatoms. The molecule has 1 aromatic carbocycles. The van der Waals surface area contributed by atoms with Gasteiger partial charge in [-0.1, -0.05) is 32.0 Å². The molecule has 1 atom stereocenters. The van der Waals surface area contributed by atoms with Gasteiger partial charge in [-0.25, -0.2) is 13.1 Å². The summed E-state index contributed by atoms with van der Waals surface area (Å²) in [5, 5.41) is 3.38. The molecule has 0 saturated carbocycles. The third kappa shape index (κ3) is 4.90. The molecule has 0 amide bonds. The summed E-state index contributed by atoms with van der Waals surface area (Å²) in [7, 11) is -1.88. The molecule has 23 heavy (non-hydrogen) atoms. The Morgan fingerprint density at radius 1 is 1.35 bits per heavy atom. The first-order chi connectivity index (χ1) is 10.4. The number of halogens is 1. The van der Waals surface area contributed by atoms with Crippen LogP contribution in [0.1, 0.15) is 38.2 Å². The third-order valence-electron chi connectivity index (χ3n) is 4.18. The Balaban J connectivity index is 0.00000264. The third-order valence-corrected chi connectivity index (χ3v) is 5.66. The summed E-state index contributed by atoms with van der Waals surface area (Å²) in [6, 6.07) is 7.18. The van der Waals surface area contributed by atoms with Gasteiger partial charge in [0.1, 0.15) is 0 Å². The molecular formula is C16H27ClN2O3S. The van der Waals surface area contributed by atoms with Crippen LogP contribution in [-0.2, 0) is 14.8 Å². The molecule has 0 bridgehead atoms. The van der Waals surface area contributed by atoms with Crippen molar-refractivity contribution in [2.75, 3.05) is 26.8 Å². The Labute approximate surface area is 145 Å². The maximum atomic E-state index is 12.7. The number of rotatable bonds is 7. The van der Waals surface area contributed by atoms with Gasteiger partial charge in [0.2, 0.25) is 10.0 Å². The molecule has 1 fully saturated rings. The van der Waals surface area contributed by atoms with Gasteiger partial charge in [0.15, 0.2) is 0 Å². The topological polar surface area (TPSA) is 67.4 Å². The number of hydrogen-bond donors (Lipinski definition) is 2. The van der Waals surface area contributed by atoms with Crippen LogP contribution in [-0.4, -0.2) is 40.8 Å². The van der Waals surface area contributed by atoms with Gasteiger partial charge in [-0.15, -0.1) is 12.4 Å². The average molecular weight is 363 g/mol. The Bertz CT molecular complexity index is 599. The largest absolute Gasteiger partial charge is 0.383 e. The van der Waals surface area contributed by atoms with Crippen molar-refractivity contribution in [1.29, 1.82) is 0 Å². The van der Waals surface area contributed by atoms with Crippen LogP contribution >= 0.6 is 12.4 Å². The SMILES string of the molecule is COCC1(CNS(=O)(=O)c2ccccc2C(C)C)CCCN1.Cl. The zero-order valence-corrected chi connectivity index (χ0v) is 15.6. The summed E-state index contributed by atoms with van der Waals surface area (Å²) in [5.74, 6) is 0.158. The standard InChI is InChI=1S/C16H26N2O3S.ClH/c1-13(2)14-7-4-5-8-15(14)22(19,20)18-11-16(12-21-3)9-6-10-17-16;/h4-5,7-8,13,17-18H,6,9-12H2,1-3H3;1H. The van der Waals surface area contributed by atoms with Crippen LogP contribution in [0, 0.1) is 0 Å². The maximum Gasteiger partial charge on any atom is 0.240 e. The Morgan fingerprint density at radius 2 is 2.04 bits per heavy atom. The van der Waals surface area contributed by atoms with Gasteiger partial charge in [-0.3, -0.25) is 0 Å². The van der Waals surface area contributed by atoms with Gasteiger partial charge in [0, 0.05) is 13.7 Å². The smallest absolute Gasteiger partial charge is 0.240 e. The van der Waals surface area contributed by atoms with E-state index in [1.165, 1.54) is 0 Å². The van der Waals surface area contributed by atoms with E-state index in [1.54, 1.807) is 19.2 Å². The number of methoxy groups -OCH3 is 1. The summed E-state index contributed by atoms with van der Waals surface area (Å²) < 4.78 is 33.4. The van der Waals surface area contributed by atoms with E-state index in [-0.39, 0.29) is 23.9 Å². The van der Waals surface area contributed by atoms with Crippen LogP contribution in [0.3, 0.4) is 0 Å². The fourth-order valence-corrected chi connectivity index (χ4v) is 4.48. The van der Waals surface area contributed by atoms with Crippen molar-refractivity contribution in [2.24, 2.45) is 0 Å². The quantitative estimate of drug-likeness (QED) is 0.780. The number of benzene rings is 1. The van der Waals surface area contributed by atoms with Crippen LogP contribution in [0.2, 0.25) is 0 Å². The Morgan fingerprint density at radius 3 is 2.61 bits per heavy atom. The molecule has 0 radical (unpaired) electrons. The van der Waals surface area contributed by atoms with Crippen molar-refractivity contribution in [2.45, 2.75) is 43.0 Å². The highest BCUT2D eigenvalue weighted by molar-refractivity contribution is 7.89. The predicted molar refractivity (Wildman–Crippen MR) is 94.8 cm³/mol. The van der Waals surface area contributed by atoms with Crippen LogP contribution in [0.4, 0.5) is 0 Å². The molecule has 5 nitrogen and oxygen atoms in total. The minimum Gasteiger partial charge on any atom is -0.383 e. The van der Waals surface area contributed by atoms with Crippen molar-refractivity contribution >= 4 is 22.4 Å². The van der Waals surface area contributed by atoms with Crippen molar-refractivity contribution in [3.05, 3.63) is 29.8 Å². The van der Waals surface area contributed by atoms with E-state index < -0.39 is 10.0 Å². The second kappa shape index (κ2) is 8.44. The molecule has 0 spiro atoms. The second-order valence-corrected chi connectivity index (χ2v) is 8.00. The van der Waals surface area contributed by atoms with Crippen LogP contribution < -0.4 is 10.0 Å². The highest BCUT2D eigenvalue weighted by Crippen LogP contribution is 2.24. The maximum absolute atomic E-state index is 12.7. The first-order valence-corrected chi connectivity index (χ1v) is 9.21. The molecule has 1 aliphatic heterocycles. The summed E-state index contributed by atoms with van der Waals surface area (Å²) in [5.41, 5.74) is 0.546. The zero-order chi connectivity index (χ0) is 16.2. The van der Waals surface area contributed by atoms with E-state index in [1.807, 2.05) is 26.0 Å². The monoisotopic (exact) mass is 362 g/mol. The first-order valence-electron chi connectivity index (χ1n) is 7.73. The van der Waals surface area contributed by atoms with Gasteiger partial charge < -0.3 is 10.1 Å². The molecule has 2 N–H and O–H groups in total. The van der Waals surface area contributed by atoms with Gasteiger partial charge in [-0.05, 0) is 36.9 Å². The second-order valence-electron chi connectivity index (χ2n) is 6.26. The van der Waals surface area contributed by atoms with Crippen molar-refractivity contribution < 1.29 is 13.2 Å². The minimum atomic E-state index is -3.53. The van der Waals surface area contributed by atoms with E-state index in [2.05, 4.69) is 10.0 Å². The van der Waals surface area contributed by atoms with E-state index in [0.29, 0.717) is 18.0 Å². The lowest BCUT2D eigenvalue weighted by Gasteiger charge is -2.29. The zero-order valence-electron chi connectivity index (χ0n) is 14.0. The molecule has 0 aliphatic carbocycles. The molecular weight excluding hydrogens is 336 g/mol. The lowest BCUT2D eigenvalue weighted by atomic mass is 9.99. The molecule has 1 aliphatic rings.